The van der Waals surface area contributed by atoms with E-state index in [1.165, 1.54) is 6.07 Å². The maximum atomic E-state index is 13.2. The maximum absolute atomic E-state index is 13.2. The van der Waals surface area contributed by atoms with Crippen LogP contribution in [0.5, 0.6) is 0 Å². The molecule has 1 aromatic carbocycles. The lowest BCUT2D eigenvalue weighted by molar-refractivity contribution is 0.184. The van der Waals surface area contributed by atoms with Crippen molar-refractivity contribution in [1.29, 1.82) is 0 Å². The van der Waals surface area contributed by atoms with Crippen molar-refractivity contribution in [2.45, 2.75) is 6.54 Å². The molecule has 0 bridgehead atoms. The summed E-state index contributed by atoms with van der Waals surface area (Å²) < 4.78 is 13.2. The number of hydrogen-bond donors (Lipinski definition) is 1. The van der Waals surface area contributed by atoms with E-state index < -0.39 is 0 Å². The molecule has 2 rings (SSSR count). The lowest BCUT2D eigenvalue weighted by Gasteiger charge is -2.32. The van der Waals surface area contributed by atoms with E-state index in [9.17, 15) is 4.39 Å². The number of rotatable bonds is 2. The lowest BCUT2D eigenvalue weighted by Crippen LogP contribution is -2.44. The largest absolute Gasteiger partial charge is 0.396 e. The van der Waals surface area contributed by atoms with E-state index in [4.69, 9.17) is 5.73 Å². The molecular weight excluding hydrogens is 204 g/mol. The van der Waals surface area contributed by atoms with Gasteiger partial charge >= 0.3 is 0 Å². The number of nitrogens with two attached hydrogens (primary N) is 1. The smallest absolute Gasteiger partial charge is 0.185 e. The maximum Gasteiger partial charge on any atom is 0.185 e. The number of halogens is 1. The summed E-state index contributed by atoms with van der Waals surface area (Å²) in [5.41, 5.74) is 6.67. The van der Waals surface area contributed by atoms with E-state index in [-0.39, 0.29) is 11.5 Å². The van der Waals surface area contributed by atoms with Crippen LogP contribution in [0.25, 0.3) is 0 Å². The van der Waals surface area contributed by atoms with Gasteiger partial charge in [0.1, 0.15) is 5.82 Å². The molecule has 0 aliphatic carbocycles. The molecule has 0 atom stereocenters. The zero-order valence-corrected chi connectivity index (χ0v) is 9.62. The second-order valence-electron chi connectivity index (χ2n) is 4.44. The average molecular weight is 221 g/mol. The predicted octanol–water partition coefficient (Wildman–Crippen LogP) is 0.0736. The van der Waals surface area contributed by atoms with Gasteiger partial charge in [-0.2, -0.15) is 0 Å². The fourth-order valence-electron chi connectivity index (χ4n) is 1.93. The quantitative estimate of drug-likeness (QED) is 0.566. The highest BCUT2D eigenvalue weighted by atomic mass is 19.1. The number of nitrogens with zero attached hydrogens (tertiary/aromatic N) is 2. The summed E-state index contributed by atoms with van der Waals surface area (Å²) in [5, 5.41) is 0. The molecule has 0 unspecified atom stereocenters. The molecule has 1 aliphatic heterocycles. The molecule has 1 fully saturated rings. The second kappa shape index (κ2) is 4.85. The van der Waals surface area contributed by atoms with Crippen LogP contribution in [0.3, 0.4) is 0 Å². The van der Waals surface area contributed by atoms with Crippen LogP contribution in [0.1, 0.15) is 5.56 Å². The van der Waals surface area contributed by atoms with Crippen molar-refractivity contribution in [3.05, 3.63) is 29.6 Å². The third kappa shape index (κ3) is 2.74. The third-order valence-corrected chi connectivity index (χ3v) is 3.07. The molecular formula is C11H17BFN3. The van der Waals surface area contributed by atoms with Crippen molar-refractivity contribution >= 4 is 13.7 Å². The van der Waals surface area contributed by atoms with Gasteiger partial charge in [0.05, 0.1) is 5.69 Å². The summed E-state index contributed by atoms with van der Waals surface area (Å²) in [7, 11) is 2.13. The molecule has 86 valence electrons. The van der Waals surface area contributed by atoms with Gasteiger partial charge in [-0.1, -0.05) is 6.07 Å². The van der Waals surface area contributed by atoms with Gasteiger partial charge in [0, 0.05) is 19.6 Å². The van der Waals surface area contributed by atoms with Gasteiger partial charge in [0.2, 0.25) is 0 Å². The van der Waals surface area contributed by atoms with Gasteiger partial charge in [-0.15, -0.1) is 0 Å². The van der Waals surface area contributed by atoms with Gasteiger partial charge in [0.15, 0.2) is 7.98 Å². The zero-order chi connectivity index (χ0) is 11.5. The van der Waals surface area contributed by atoms with Crippen molar-refractivity contribution < 1.29 is 4.39 Å². The number of hydrogen-bond acceptors (Lipinski definition) is 3. The number of nitrogen functional groups attached to an aromatic ring is 1. The minimum Gasteiger partial charge on any atom is -0.396 e. The summed E-state index contributed by atoms with van der Waals surface area (Å²) in [6.45, 7) is 5.06. The third-order valence-electron chi connectivity index (χ3n) is 3.07. The lowest BCUT2D eigenvalue weighted by atomic mass is 10.1. The first-order valence-corrected chi connectivity index (χ1v) is 5.60. The standard InChI is InChI=1S/C11H17BFN3/c12-16-5-3-15(4-6-16)8-9-1-2-11(14)10(13)7-9/h1-2,7H,3-6,8,12,14H2. The van der Waals surface area contributed by atoms with Gasteiger partial charge in [-0.3, -0.25) is 4.90 Å². The first-order valence-electron chi connectivity index (χ1n) is 5.60. The fourth-order valence-corrected chi connectivity index (χ4v) is 1.93. The van der Waals surface area contributed by atoms with Gasteiger partial charge in [-0.05, 0) is 30.8 Å². The van der Waals surface area contributed by atoms with E-state index in [2.05, 4.69) is 17.7 Å². The molecule has 0 radical (unpaired) electrons. The van der Waals surface area contributed by atoms with Gasteiger partial charge < -0.3 is 10.5 Å². The Labute approximate surface area is 96.4 Å². The first-order chi connectivity index (χ1) is 7.65. The van der Waals surface area contributed by atoms with E-state index in [0.717, 1.165) is 38.3 Å². The van der Waals surface area contributed by atoms with Crippen molar-refractivity contribution in [3.8, 4) is 0 Å². The van der Waals surface area contributed by atoms with E-state index in [0.29, 0.717) is 0 Å². The number of benzene rings is 1. The Bertz CT molecular complexity index is 364. The molecule has 5 heteroatoms. The van der Waals surface area contributed by atoms with Crippen LogP contribution in [-0.2, 0) is 6.54 Å². The summed E-state index contributed by atoms with van der Waals surface area (Å²) in [4.78, 5) is 4.64. The van der Waals surface area contributed by atoms with Crippen LogP contribution >= 0.6 is 0 Å². The monoisotopic (exact) mass is 221 g/mol. The van der Waals surface area contributed by atoms with E-state index in [1.807, 2.05) is 6.07 Å². The summed E-state index contributed by atoms with van der Waals surface area (Å²) >= 11 is 0. The highest BCUT2D eigenvalue weighted by Crippen LogP contribution is 2.14. The predicted molar refractivity (Wildman–Crippen MR) is 66.2 cm³/mol. The molecule has 0 amide bonds. The molecule has 0 aromatic heterocycles. The molecule has 0 spiro atoms. The molecule has 3 nitrogen and oxygen atoms in total. The second-order valence-corrected chi connectivity index (χ2v) is 4.44. The van der Waals surface area contributed by atoms with Crippen molar-refractivity contribution in [2.75, 3.05) is 31.9 Å². The summed E-state index contributed by atoms with van der Waals surface area (Å²) in [6.07, 6.45) is 0. The topological polar surface area (TPSA) is 32.5 Å². The van der Waals surface area contributed by atoms with Crippen LogP contribution in [0.4, 0.5) is 10.1 Å². The molecule has 0 saturated carbocycles. The molecule has 1 heterocycles. The normalized spacial score (nSPS) is 18.8. The van der Waals surface area contributed by atoms with Crippen LogP contribution in [-0.4, -0.2) is 43.9 Å². The number of piperazine rings is 1. The van der Waals surface area contributed by atoms with Crippen LogP contribution < -0.4 is 5.73 Å². The van der Waals surface area contributed by atoms with Crippen LogP contribution in [0, 0.1) is 5.82 Å². The molecule has 1 saturated heterocycles. The van der Waals surface area contributed by atoms with E-state index >= 15 is 0 Å². The van der Waals surface area contributed by atoms with Gasteiger partial charge in [-0.25, -0.2) is 4.39 Å². The number of anilines is 1. The fraction of sp³-hybridized carbons (Fsp3) is 0.455. The van der Waals surface area contributed by atoms with Crippen molar-refractivity contribution in [2.24, 2.45) is 0 Å². The highest BCUT2D eigenvalue weighted by molar-refractivity contribution is 6.04. The Hall–Kier alpha value is -1.07. The highest BCUT2D eigenvalue weighted by Gasteiger charge is 2.13. The Kier molecular flexibility index (Phi) is 3.46. The van der Waals surface area contributed by atoms with Crippen LogP contribution in [0.2, 0.25) is 0 Å². The SMILES string of the molecule is BN1CCN(Cc2ccc(N)c(F)c2)CC1. The molecule has 1 aromatic rings. The van der Waals surface area contributed by atoms with Gasteiger partial charge in [0.25, 0.3) is 0 Å². The zero-order valence-electron chi connectivity index (χ0n) is 9.62. The minimum atomic E-state index is -0.313. The molecule has 2 N–H and O–H groups in total. The molecule has 1 aliphatic rings. The Morgan fingerprint density at radius 3 is 2.56 bits per heavy atom. The molecule has 16 heavy (non-hydrogen) atoms. The van der Waals surface area contributed by atoms with E-state index in [1.54, 1.807) is 6.07 Å². The summed E-state index contributed by atoms with van der Waals surface area (Å²) in [5.74, 6) is -0.313. The van der Waals surface area contributed by atoms with Crippen molar-refractivity contribution in [1.82, 2.24) is 9.71 Å². The first kappa shape index (κ1) is 11.4. The van der Waals surface area contributed by atoms with Crippen LogP contribution in [0.15, 0.2) is 18.2 Å². The average Bonchev–Trinajstić information content (AvgIpc) is 2.27. The van der Waals surface area contributed by atoms with Crippen molar-refractivity contribution in [3.63, 3.8) is 0 Å². The summed E-state index contributed by atoms with van der Waals surface area (Å²) in [6, 6.07) is 5.07. The Morgan fingerprint density at radius 1 is 1.25 bits per heavy atom. The Balaban J connectivity index is 1.96. The Morgan fingerprint density at radius 2 is 1.94 bits per heavy atom. The minimum absolute atomic E-state index is 0.224.